The Bertz CT molecular complexity index is 801. The van der Waals surface area contributed by atoms with E-state index in [9.17, 15) is 14.8 Å². The van der Waals surface area contributed by atoms with Crippen molar-refractivity contribution in [3.63, 3.8) is 0 Å². The number of hydrogen-bond donors (Lipinski definition) is 3. The van der Waals surface area contributed by atoms with E-state index in [1.165, 1.54) is 0 Å². The molecule has 0 radical (unpaired) electrons. The number of hydrogen-bond acceptors (Lipinski definition) is 7. The molecule has 2 amide bonds. The lowest BCUT2D eigenvalue weighted by Crippen LogP contribution is -2.42. The summed E-state index contributed by atoms with van der Waals surface area (Å²) in [6, 6.07) is 9.83. The van der Waals surface area contributed by atoms with Gasteiger partial charge in [0.25, 0.3) is 5.91 Å². The van der Waals surface area contributed by atoms with E-state index in [2.05, 4.69) is 10.3 Å². The normalized spacial score (nSPS) is 12.6. The van der Waals surface area contributed by atoms with Gasteiger partial charge >= 0.3 is 0 Å². The highest BCUT2D eigenvalue weighted by atomic mass is 16.7. The summed E-state index contributed by atoms with van der Waals surface area (Å²) in [5, 5.41) is 12.1. The van der Waals surface area contributed by atoms with Crippen LogP contribution in [0.15, 0.2) is 48.8 Å². The predicted octanol–water partition coefficient (Wildman–Crippen LogP) is 1.95. The quantitative estimate of drug-likeness (QED) is 0.192. The fourth-order valence-electron chi connectivity index (χ4n) is 3.03. The van der Waals surface area contributed by atoms with E-state index in [4.69, 9.17) is 14.2 Å². The summed E-state index contributed by atoms with van der Waals surface area (Å²) in [5.74, 6) is -0.815. The molecule has 0 saturated heterocycles. The topological polar surface area (TPSA) is 119 Å². The van der Waals surface area contributed by atoms with Gasteiger partial charge in [0.1, 0.15) is 12.5 Å². The van der Waals surface area contributed by atoms with E-state index in [1.54, 1.807) is 55.3 Å². The van der Waals surface area contributed by atoms with Crippen LogP contribution in [0.1, 0.15) is 29.3 Å². The van der Waals surface area contributed by atoms with Crippen molar-refractivity contribution in [2.45, 2.75) is 25.8 Å². The first-order valence-corrected chi connectivity index (χ1v) is 10.0. The molecule has 2 rings (SSSR count). The van der Waals surface area contributed by atoms with Crippen molar-refractivity contribution >= 4 is 11.8 Å². The Hall–Kier alpha value is -3.01. The van der Waals surface area contributed by atoms with Gasteiger partial charge in [0, 0.05) is 30.5 Å². The number of nitrogens with one attached hydrogen (secondary N) is 2. The minimum atomic E-state index is -0.605. The monoisotopic (exact) mass is 431 g/mol. The third-order valence-electron chi connectivity index (χ3n) is 4.63. The second-order valence-electron chi connectivity index (χ2n) is 6.85. The van der Waals surface area contributed by atoms with Crippen LogP contribution >= 0.6 is 0 Å². The Balaban J connectivity index is 2.10. The molecule has 0 aliphatic heterocycles. The molecule has 0 bridgehead atoms. The number of hydroxylamine groups is 1. The molecule has 1 aromatic carbocycles. The van der Waals surface area contributed by atoms with Crippen molar-refractivity contribution < 1.29 is 29.0 Å². The van der Waals surface area contributed by atoms with Gasteiger partial charge in [0.05, 0.1) is 19.8 Å². The minimum absolute atomic E-state index is 0.0743. The smallest absolute Gasteiger partial charge is 0.251 e. The highest BCUT2D eigenvalue weighted by molar-refractivity contribution is 5.94. The standard InChI is InChI=1S/C22H29N3O6/c1-3-30-15-31-14-19(24-21(26)17-6-8-20(29-2)9-7-17)12-18(22(27)25-28)11-16-5-4-10-23-13-16/h4-10,13,18-19,28H,3,11-12,14-15H2,1-2H3,(H,24,26)(H,25,27). The number of carbonyl (C=O) groups excluding carboxylic acids is 2. The van der Waals surface area contributed by atoms with Gasteiger partial charge in [-0.05, 0) is 55.7 Å². The number of amides is 2. The summed E-state index contributed by atoms with van der Waals surface area (Å²) >= 11 is 0. The largest absolute Gasteiger partial charge is 0.497 e. The maximum absolute atomic E-state index is 12.7. The van der Waals surface area contributed by atoms with Crippen molar-refractivity contribution in [2.24, 2.45) is 5.92 Å². The van der Waals surface area contributed by atoms with Crippen molar-refractivity contribution in [2.75, 3.05) is 27.1 Å². The average Bonchev–Trinajstić information content (AvgIpc) is 2.81. The molecule has 0 aliphatic carbocycles. The third kappa shape index (κ3) is 8.33. The SMILES string of the molecule is CCOCOCC(CC(Cc1cccnc1)C(=O)NO)NC(=O)c1ccc(OC)cc1. The fourth-order valence-corrected chi connectivity index (χ4v) is 3.03. The van der Waals surface area contributed by atoms with Crippen LogP contribution in [-0.4, -0.2) is 55.2 Å². The molecule has 1 aromatic heterocycles. The van der Waals surface area contributed by atoms with E-state index in [-0.39, 0.29) is 25.7 Å². The summed E-state index contributed by atoms with van der Waals surface area (Å²) in [6.07, 6.45) is 3.90. The molecular weight excluding hydrogens is 402 g/mol. The zero-order valence-corrected chi connectivity index (χ0v) is 17.7. The maximum Gasteiger partial charge on any atom is 0.251 e. The summed E-state index contributed by atoms with van der Waals surface area (Å²) in [7, 11) is 1.55. The lowest BCUT2D eigenvalue weighted by Gasteiger charge is -2.23. The average molecular weight is 431 g/mol. The van der Waals surface area contributed by atoms with Crippen LogP contribution < -0.4 is 15.5 Å². The number of carbonyl (C=O) groups is 2. The summed E-state index contributed by atoms with van der Waals surface area (Å²) in [4.78, 5) is 29.1. The molecule has 0 fully saturated rings. The molecule has 9 heteroatoms. The molecule has 2 atom stereocenters. The minimum Gasteiger partial charge on any atom is -0.497 e. The second-order valence-corrected chi connectivity index (χ2v) is 6.85. The highest BCUT2D eigenvalue weighted by Crippen LogP contribution is 2.16. The first-order chi connectivity index (χ1) is 15.1. The Morgan fingerprint density at radius 1 is 1.16 bits per heavy atom. The van der Waals surface area contributed by atoms with Crippen LogP contribution in [0.25, 0.3) is 0 Å². The van der Waals surface area contributed by atoms with Gasteiger partial charge in [0.2, 0.25) is 5.91 Å². The first-order valence-electron chi connectivity index (χ1n) is 10.0. The highest BCUT2D eigenvalue weighted by Gasteiger charge is 2.25. The predicted molar refractivity (Wildman–Crippen MR) is 113 cm³/mol. The molecule has 2 aromatic rings. The lowest BCUT2D eigenvalue weighted by atomic mass is 9.92. The second kappa shape index (κ2) is 13.3. The van der Waals surface area contributed by atoms with Crippen molar-refractivity contribution in [3.8, 4) is 5.75 Å². The molecule has 0 aliphatic rings. The number of benzene rings is 1. The summed E-state index contributed by atoms with van der Waals surface area (Å²) in [5.41, 5.74) is 3.00. The van der Waals surface area contributed by atoms with E-state index in [0.29, 0.717) is 24.3 Å². The zero-order chi connectivity index (χ0) is 22.5. The van der Waals surface area contributed by atoms with Crippen LogP contribution in [0.5, 0.6) is 5.75 Å². The number of aromatic nitrogens is 1. The number of methoxy groups -OCH3 is 1. The molecule has 0 saturated carbocycles. The third-order valence-corrected chi connectivity index (χ3v) is 4.63. The van der Waals surface area contributed by atoms with Crippen LogP contribution in [0.3, 0.4) is 0 Å². The first kappa shape index (κ1) is 24.3. The molecule has 2 unspecified atom stereocenters. The molecule has 9 nitrogen and oxygen atoms in total. The Morgan fingerprint density at radius 2 is 1.94 bits per heavy atom. The number of rotatable bonds is 13. The summed E-state index contributed by atoms with van der Waals surface area (Å²) < 4.78 is 15.8. The Kier molecular flexibility index (Phi) is 10.4. The van der Waals surface area contributed by atoms with Gasteiger partial charge in [-0.3, -0.25) is 19.8 Å². The van der Waals surface area contributed by atoms with Gasteiger partial charge in [-0.1, -0.05) is 6.07 Å². The molecule has 0 spiro atoms. The maximum atomic E-state index is 12.7. The molecule has 168 valence electrons. The van der Waals surface area contributed by atoms with E-state index in [1.807, 2.05) is 13.0 Å². The number of pyridine rings is 1. The number of nitrogens with zero attached hydrogens (tertiary/aromatic N) is 1. The summed E-state index contributed by atoms with van der Waals surface area (Å²) in [6.45, 7) is 2.57. The molecule has 3 N–H and O–H groups in total. The van der Waals surface area contributed by atoms with Gasteiger partial charge in [-0.25, -0.2) is 5.48 Å². The van der Waals surface area contributed by atoms with E-state index < -0.39 is 17.9 Å². The molecule has 31 heavy (non-hydrogen) atoms. The molecule has 1 heterocycles. The van der Waals surface area contributed by atoms with Gasteiger partial charge in [0.15, 0.2) is 0 Å². The van der Waals surface area contributed by atoms with Gasteiger partial charge < -0.3 is 19.5 Å². The Labute approximate surface area is 181 Å². The molecular formula is C22H29N3O6. The van der Waals surface area contributed by atoms with Gasteiger partial charge in [-0.2, -0.15) is 0 Å². The van der Waals surface area contributed by atoms with Crippen molar-refractivity contribution in [3.05, 3.63) is 59.9 Å². The van der Waals surface area contributed by atoms with Crippen LogP contribution in [0, 0.1) is 5.92 Å². The van der Waals surface area contributed by atoms with Crippen LogP contribution in [0.4, 0.5) is 0 Å². The van der Waals surface area contributed by atoms with Crippen molar-refractivity contribution in [1.82, 2.24) is 15.8 Å². The van der Waals surface area contributed by atoms with E-state index >= 15 is 0 Å². The fraction of sp³-hybridized carbons (Fsp3) is 0.409. The Morgan fingerprint density at radius 3 is 2.55 bits per heavy atom. The van der Waals surface area contributed by atoms with Crippen LogP contribution in [-0.2, 0) is 20.7 Å². The van der Waals surface area contributed by atoms with Crippen molar-refractivity contribution in [1.29, 1.82) is 0 Å². The van der Waals surface area contributed by atoms with E-state index in [0.717, 1.165) is 5.56 Å². The lowest BCUT2D eigenvalue weighted by molar-refractivity contribution is -0.134. The zero-order valence-electron chi connectivity index (χ0n) is 17.7. The van der Waals surface area contributed by atoms with Crippen LogP contribution in [0.2, 0.25) is 0 Å². The van der Waals surface area contributed by atoms with Gasteiger partial charge in [-0.15, -0.1) is 0 Å². The number of ether oxygens (including phenoxy) is 3.